The van der Waals surface area contributed by atoms with Gasteiger partial charge in [-0.25, -0.2) is 0 Å². The molecule has 2 aromatic carbocycles. The van der Waals surface area contributed by atoms with E-state index in [1.165, 1.54) is 13.0 Å². The van der Waals surface area contributed by atoms with Gasteiger partial charge in [0, 0.05) is 9.50 Å². The van der Waals surface area contributed by atoms with Crippen molar-refractivity contribution in [1.82, 2.24) is 10.9 Å². The monoisotopic (exact) mass is 530 g/mol. The lowest BCUT2D eigenvalue weighted by molar-refractivity contribution is -0.128. The van der Waals surface area contributed by atoms with Gasteiger partial charge in [-0.1, -0.05) is 65.3 Å². The molecular weight excluding hydrogens is 507 g/mol. The van der Waals surface area contributed by atoms with Crippen molar-refractivity contribution in [2.24, 2.45) is 0 Å². The molecule has 0 saturated carbocycles. The van der Waals surface area contributed by atoms with E-state index in [0.717, 1.165) is 30.2 Å². The van der Waals surface area contributed by atoms with Gasteiger partial charge in [-0.3, -0.25) is 20.4 Å². The second-order valence-electron chi connectivity index (χ2n) is 6.83. The number of hydrogen-bond acceptors (Lipinski definition) is 4. The summed E-state index contributed by atoms with van der Waals surface area (Å²) >= 11 is 15.3. The maximum Gasteiger partial charge on any atom is 0.279 e. The van der Waals surface area contributed by atoms with Crippen LogP contribution in [0.1, 0.15) is 49.9 Å². The molecule has 0 aromatic heterocycles. The highest BCUT2D eigenvalue weighted by Crippen LogP contribution is 2.28. The number of benzene rings is 2. The number of unbranched alkanes of at least 4 members (excludes halogenated alkanes) is 3. The van der Waals surface area contributed by atoms with Crippen LogP contribution in [0.2, 0.25) is 10.0 Å². The van der Waals surface area contributed by atoms with Crippen molar-refractivity contribution in [2.45, 2.75) is 45.6 Å². The van der Waals surface area contributed by atoms with Crippen LogP contribution in [0.15, 0.2) is 40.9 Å². The zero-order chi connectivity index (χ0) is 22.8. The van der Waals surface area contributed by atoms with E-state index in [1.54, 1.807) is 30.3 Å². The Labute approximate surface area is 200 Å². The Kier molecular flexibility index (Phi) is 10.4. The fourth-order valence-corrected chi connectivity index (χ4v) is 3.43. The Morgan fingerprint density at radius 2 is 1.77 bits per heavy atom. The van der Waals surface area contributed by atoms with Crippen LogP contribution in [-0.4, -0.2) is 24.5 Å². The van der Waals surface area contributed by atoms with E-state index in [1.807, 2.05) is 0 Å². The van der Waals surface area contributed by atoms with Crippen molar-refractivity contribution in [1.29, 1.82) is 0 Å². The summed E-state index contributed by atoms with van der Waals surface area (Å²) in [5, 5.41) is 0.741. The largest absolute Gasteiger partial charge is 0.493 e. The molecule has 2 rings (SSSR count). The Morgan fingerprint density at radius 1 is 1.03 bits per heavy atom. The van der Waals surface area contributed by atoms with Gasteiger partial charge < -0.3 is 9.47 Å². The number of halogens is 3. The fourth-order valence-electron chi connectivity index (χ4n) is 2.62. The van der Waals surface area contributed by atoms with E-state index in [2.05, 4.69) is 33.7 Å². The van der Waals surface area contributed by atoms with E-state index in [0.29, 0.717) is 28.7 Å². The van der Waals surface area contributed by atoms with Crippen LogP contribution in [0.3, 0.4) is 0 Å². The van der Waals surface area contributed by atoms with Crippen LogP contribution in [-0.2, 0) is 4.79 Å². The molecule has 0 saturated heterocycles. The van der Waals surface area contributed by atoms with Crippen LogP contribution in [0.4, 0.5) is 0 Å². The average molecular weight is 532 g/mol. The molecule has 1 atom stereocenters. The van der Waals surface area contributed by atoms with Crippen LogP contribution in [0, 0.1) is 0 Å². The van der Waals surface area contributed by atoms with E-state index >= 15 is 0 Å². The predicted octanol–water partition coefficient (Wildman–Crippen LogP) is 5.94. The van der Waals surface area contributed by atoms with Crippen molar-refractivity contribution < 1.29 is 19.1 Å². The summed E-state index contributed by atoms with van der Waals surface area (Å²) in [7, 11) is 0. The third-order valence-corrected chi connectivity index (χ3v) is 5.33. The van der Waals surface area contributed by atoms with Gasteiger partial charge in [0.15, 0.2) is 6.10 Å². The van der Waals surface area contributed by atoms with Crippen molar-refractivity contribution in [3.05, 3.63) is 56.5 Å². The Morgan fingerprint density at radius 3 is 2.48 bits per heavy atom. The number of hydrazine groups is 1. The van der Waals surface area contributed by atoms with E-state index in [4.69, 9.17) is 32.7 Å². The molecule has 0 heterocycles. The first-order chi connectivity index (χ1) is 14.8. The number of ether oxygens (including phenoxy) is 2. The van der Waals surface area contributed by atoms with Crippen molar-refractivity contribution in [2.75, 3.05) is 6.61 Å². The molecule has 0 aliphatic rings. The van der Waals surface area contributed by atoms with E-state index < -0.39 is 17.9 Å². The minimum atomic E-state index is -0.907. The summed E-state index contributed by atoms with van der Waals surface area (Å²) in [5.74, 6) is -0.291. The molecule has 0 spiro atoms. The highest BCUT2D eigenvalue weighted by molar-refractivity contribution is 9.10. The van der Waals surface area contributed by atoms with Crippen LogP contribution in [0.5, 0.6) is 11.5 Å². The minimum Gasteiger partial charge on any atom is -0.493 e. The molecule has 0 aliphatic carbocycles. The highest BCUT2D eigenvalue weighted by Gasteiger charge is 2.19. The number of carbonyl (C=O) groups is 2. The standard InChI is InChI=1S/C22H25BrCl2N2O4/c1-3-4-5-6-11-30-19-9-7-15(23)12-17(19)22(29)27-26-21(28)14(2)31-20-10-8-16(24)13-18(20)25/h7-10,12-14H,3-6,11H2,1-2H3,(H,26,28)(H,27,29). The Bertz CT molecular complexity index is 911. The average Bonchev–Trinajstić information content (AvgIpc) is 2.74. The topological polar surface area (TPSA) is 76.7 Å². The molecule has 6 nitrogen and oxygen atoms in total. The molecule has 2 aromatic rings. The molecule has 0 fully saturated rings. The lowest BCUT2D eigenvalue weighted by Gasteiger charge is -2.17. The number of rotatable bonds is 10. The third kappa shape index (κ3) is 8.24. The van der Waals surface area contributed by atoms with Gasteiger partial charge in [0.05, 0.1) is 17.2 Å². The van der Waals surface area contributed by atoms with Gasteiger partial charge in [-0.15, -0.1) is 0 Å². The summed E-state index contributed by atoms with van der Waals surface area (Å²) in [6, 6.07) is 9.83. The predicted molar refractivity (Wildman–Crippen MR) is 126 cm³/mol. The molecule has 9 heteroatoms. The van der Waals surface area contributed by atoms with Gasteiger partial charge in [0.1, 0.15) is 11.5 Å². The zero-order valence-corrected chi connectivity index (χ0v) is 20.4. The van der Waals surface area contributed by atoms with E-state index in [-0.39, 0.29) is 5.02 Å². The first kappa shape index (κ1) is 25.3. The highest BCUT2D eigenvalue weighted by atomic mass is 79.9. The number of nitrogens with one attached hydrogen (secondary N) is 2. The lowest BCUT2D eigenvalue weighted by atomic mass is 10.2. The number of amides is 2. The van der Waals surface area contributed by atoms with Crippen LogP contribution in [0.25, 0.3) is 0 Å². The van der Waals surface area contributed by atoms with Gasteiger partial charge >= 0.3 is 0 Å². The maximum absolute atomic E-state index is 12.6. The van der Waals surface area contributed by atoms with Crippen molar-refractivity contribution in [3.63, 3.8) is 0 Å². The molecule has 2 N–H and O–H groups in total. The molecule has 168 valence electrons. The summed E-state index contributed by atoms with van der Waals surface area (Å²) < 4.78 is 12.0. The SMILES string of the molecule is CCCCCCOc1ccc(Br)cc1C(=O)NNC(=O)C(C)Oc1ccc(Cl)cc1Cl. The normalized spacial score (nSPS) is 11.5. The maximum atomic E-state index is 12.6. The summed E-state index contributed by atoms with van der Waals surface area (Å²) in [6.45, 7) is 4.19. The Balaban J connectivity index is 1.93. The van der Waals surface area contributed by atoms with Gasteiger partial charge in [-0.2, -0.15) is 0 Å². The molecule has 0 aliphatic heterocycles. The first-order valence-electron chi connectivity index (χ1n) is 9.96. The summed E-state index contributed by atoms with van der Waals surface area (Å²) in [4.78, 5) is 25.0. The molecular formula is C22H25BrCl2N2O4. The number of hydrogen-bond donors (Lipinski definition) is 2. The zero-order valence-electron chi connectivity index (χ0n) is 17.3. The fraction of sp³-hybridized carbons (Fsp3) is 0.364. The summed E-state index contributed by atoms with van der Waals surface area (Å²) in [5.41, 5.74) is 5.06. The van der Waals surface area contributed by atoms with Gasteiger partial charge in [0.2, 0.25) is 0 Å². The minimum absolute atomic E-state index is 0.283. The second-order valence-corrected chi connectivity index (χ2v) is 8.59. The van der Waals surface area contributed by atoms with Crippen LogP contribution < -0.4 is 20.3 Å². The summed E-state index contributed by atoms with van der Waals surface area (Å²) in [6.07, 6.45) is 3.35. The van der Waals surface area contributed by atoms with Gasteiger partial charge in [0.25, 0.3) is 11.8 Å². The third-order valence-electron chi connectivity index (χ3n) is 4.31. The van der Waals surface area contributed by atoms with Crippen molar-refractivity contribution in [3.8, 4) is 11.5 Å². The lowest BCUT2D eigenvalue weighted by Crippen LogP contribution is -2.47. The van der Waals surface area contributed by atoms with Crippen molar-refractivity contribution >= 4 is 50.9 Å². The smallest absolute Gasteiger partial charge is 0.279 e. The Hall–Kier alpha value is -1.96. The molecule has 0 bridgehead atoms. The molecule has 0 radical (unpaired) electrons. The van der Waals surface area contributed by atoms with E-state index in [9.17, 15) is 9.59 Å². The van der Waals surface area contributed by atoms with Crippen LogP contribution >= 0.6 is 39.1 Å². The van der Waals surface area contributed by atoms with Gasteiger partial charge in [-0.05, 0) is 49.7 Å². The molecule has 1 unspecified atom stereocenters. The molecule has 2 amide bonds. The first-order valence-corrected chi connectivity index (χ1v) is 11.5. The quantitative estimate of drug-likeness (QED) is 0.293. The second kappa shape index (κ2) is 12.8. The molecule has 31 heavy (non-hydrogen) atoms. The number of carbonyl (C=O) groups excluding carboxylic acids is 2.